The van der Waals surface area contributed by atoms with Crippen molar-refractivity contribution in [2.75, 3.05) is 45.2 Å². The van der Waals surface area contributed by atoms with E-state index >= 15 is 0 Å². The van der Waals surface area contributed by atoms with Crippen LogP contribution in [0.1, 0.15) is 18.9 Å². The van der Waals surface area contributed by atoms with Crippen LogP contribution in [0.4, 0.5) is 10.5 Å². The molecule has 0 fully saturated rings. The van der Waals surface area contributed by atoms with Gasteiger partial charge in [-0.25, -0.2) is 4.79 Å². The zero-order chi connectivity index (χ0) is 25.8. The second-order valence-electron chi connectivity index (χ2n) is 8.15. The van der Waals surface area contributed by atoms with E-state index in [2.05, 4.69) is 21.3 Å². The molecule has 192 valence electrons. The number of nitrogens with one attached hydrogen (secondary N) is 4. The fourth-order valence-electron chi connectivity index (χ4n) is 3.17. The Morgan fingerprint density at radius 2 is 1.97 bits per heavy atom. The van der Waals surface area contributed by atoms with Crippen LogP contribution in [0.15, 0.2) is 46.3 Å². The summed E-state index contributed by atoms with van der Waals surface area (Å²) >= 11 is 12.2. The molecule has 0 radical (unpaired) electrons. The summed E-state index contributed by atoms with van der Waals surface area (Å²) in [5.74, 6) is -0.581. The maximum atomic E-state index is 12.4. The van der Waals surface area contributed by atoms with Gasteiger partial charge in [0.05, 0.1) is 19.7 Å². The molecule has 5 N–H and O–H groups in total. The van der Waals surface area contributed by atoms with Crippen LogP contribution in [0.5, 0.6) is 0 Å². The number of ether oxygens (including phenoxy) is 1. The second-order valence-corrected chi connectivity index (χ2v) is 9.04. The average Bonchev–Trinajstić information content (AvgIpc) is 2.76. The van der Waals surface area contributed by atoms with Gasteiger partial charge in [-0.1, -0.05) is 42.3 Å². The monoisotopic (exact) mass is 527 g/mol. The lowest BCUT2D eigenvalue weighted by Crippen LogP contribution is -2.36. The first-order valence-electron chi connectivity index (χ1n) is 11.1. The number of likely N-dealkylation sites (N-methyl/N-ethyl adjacent to an activating group) is 1. The van der Waals surface area contributed by atoms with Crippen LogP contribution in [0.25, 0.3) is 0 Å². The Labute approximate surface area is 214 Å². The molecule has 1 aromatic rings. The second kappa shape index (κ2) is 14.4. The number of benzene rings is 1. The number of nitrogens with zero attached hydrogens (tertiary/aromatic N) is 1. The van der Waals surface area contributed by atoms with Crippen LogP contribution in [-0.4, -0.2) is 67.7 Å². The predicted octanol–water partition coefficient (Wildman–Crippen LogP) is 2.62. The van der Waals surface area contributed by atoms with Gasteiger partial charge in [0, 0.05) is 43.8 Å². The van der Waals surface area contributed by atoms with Crippen LogP contribution in [0.2, 0.25) is 0 Å². The van der Waals surface area contributed by atoms with E-state index in [-0.39, 0.29) is 31.3 Å². The highest BCUT2D eigenvalue weighted by Gasteiger charge is 2.19. The Kier molecular flexibility index (Phi) is 11.7. The van der Waals surface area contributed by atoms with Crippen LogP contribution in [0, 0.1) is 5.92 Å². The van der Waals surface area contributed by atoms with Gasteiger partial charge in [-0.05, 0) is 29.7 Å². The van der Waals surface area contributed by atoms with Gasteiger partial charge in [-0.15, -0.1) is 0 Å². The van der Waals surface area contributed by atoms with E-state index < -0.39 is 12.0 Å². The average molecular weight is 528 g/mol. The van der Waals surface area contributed by atoms with Gasteiger partial charge < -0.3 is 36.0 Å². The first-order valence-corrected chi connectivity index (χ1v) is 11.8. The molecular weight excluding hydrogens is 497 g/mol. The highest BCUT2D eigenvalue weighted by Crippen LogP contribution is 2.25. The normalized spacial score (nSPS) is 14.2. The number of anilines is 1. The Balaban J connectivity index is 1.71. The van der Waals surface area contributed by atoms with E-state index in [0.29, 0.717) is 47.9 Å². The van der Waals surface area contributed by atoms with Crippen LogP contribution in [-0.2, 0) is 20.9 Å². The van der Waals surface area contributed by atoms with Gasteiger partial charge >= 0.3 is 12.0 Å². The smallest absolute Gasteiger partial charge is 0.319 e. The number of allylic oxidation sites excluding steroid dienone is 2. The van der Waals surface area contributed by atoms with Crippen molar-refractivity contribution in [2.45, 2.75) is 19.9 Å². The number of urea groups is 1. The first-order chi connectivity index (χ1) is 16.6. The number of carbonyl (C=O) groups excluding carboxylic acids is 2. The predicted molar refractivity (Wildman–Crippen MR) is 135 cm³/mol. The quantitative estimate of drug-likeness (QED) is 0.249. The molecule has 0 aliphatic carbocycles. The van der Waals surface area contributed by atoms with Crippen molar-refractivity contribution in [3.8, 4) is 0 Å². The number of rotatable bonds is 13. The summed E-state index contributed by atoms with van der Waals surface area (Å²) in [5, 5.41) is 20.5. The van der Waals surface area contributed by atoms with Gasteiger partial charge in [0.2, 0.25) is 11.8 Å². The third-order valence-electron chi connectivity index (χ3n) is 4.80. The Morgan fingerprint density at radius 3 is 2.69 bits per heavy atom. The Bertz CT molecular complexity index is 969. The zero-order valence-electron chi connectivity index (χ0n) is 19.7. The fraction of sp³-hybridized carbons (Fsp3) is 0.435. The van der Waals surface area contributed by atoms with Crippen molar-refractivity contribution >= 4 is 46.8 Å². The summed E-state index contributed by atoms with van der Waals surface area (Å²) in [5.41, 5.74) is 1.40. The van der Waals surface area contributed by atoms with E-state index in [1.54, 1.807) is 24.3 Å². The van der Waals surface area contributed by atoms with Gasteiger partial charge in [0.1, 0.15) is 5.03 Å². The topological polar surface area (TPSA) is 132 Å². The maximum absolute atomic E-state index is 12.4. The number of carboxylic acids is 1. The maximum Gasteiger partial charge on any atom is 0.319 e. The third kappa shape index (κ3) is 10.9. The van der Waals surface area contributed by atoms with E-state index in [0.717, 1.165) is 5.56 Å². The fourth-order valence-corrected chi connectivity index (χ4v) is 3.84. The van der Waals surface area contributed by atoms with Gasteiger partial charge in [-0.2, -0.15) is 0 Å². The minimum Gasteiger partial charge on any atom is -0.480 e. The SMILES string of the molecule is CC(COC1=C(Cl)C=C(Cl)CN1C)CC(=O)NCc1cccc(NC(=O)NCCNCC(=O)O)c1. The van der Waals surface area contributed by atoms with Gasteiger partial charge in [0.15, 0.2) is 0 Å². The number of carboxylic acid groups (broad SMARTS) is 1. The van der Waals surface area contributed by atoms with Crippen molar-refractivity contribution < 1.29 is 24.2 Å². The van der Waals surface area contributed by atoms with Crippen LogP contribution >= 0.6 is 23.2 Å². The summed E-state index contributed by atoms with van der Waals surface area (Å²) in [4.78, 5) is 36.6. The number of hydrogen-bond acceptors (Lipinski definition) is 6. The lowest BCUT2D eigenvalue weighted by atomic mass is 10.1. The Hall–Kier alpha value is -2.95. The third-order valence-corrected chi connectivity index (χ3v) is 5.30. The van der Waals surface area contributed by atoms with Gasteiger partial charge in [0.25, 0.3) is 0 Å². The molecule has 1 unspecified atom stereocenters. The zero-order valence-corrected chi connectivity index (χ0v) is 21.2. The van der Waals surface area contributed by atoms with Crippen molar-refractivity contribution in [3.63, 3.8) is 0 Å². The molecule has 10 nitrogen and oxygen atoms in total. The summed E-state index contributed by atoms with van der Waals surface area (Å²) < 4.78 is 5.80. The van der Waals surface area contributed by atoms with E-state index in [4.69, 9.17) is 33.0 Å². The molecule has 12 heteroatoms. The molecule has 35 heavy (non-hydrogen) atoms. The van der Waals surface area contributed by atoms with Crippen molar-refractivity contribution in [3.05, 3.63) is 51.9 Å². The summed E-state index contributed by atoms with van der Waals surface area (Å²) in [6, 6.07) is 6.71. The molecule has 0 saturated carbocycles. The lowest BCUT2D eigenvalue weighted by Gasteiger charge is -2.27. The standard InChI is InChI=1S/C23H31Cl2N5O5/c1-15(14-35-22-19(25)10-17(24)13-30(22)2)8-20(31)28-11-16-4-3-5-18(9-16)29-23(34)27-7-6-26-12-21(32)33/h3-5,9-10,15,26H,6-8,11-14H2,1-2H3,(H,28,31)(H,32,33)(H2,27,29,34). The number of amides is 3. The van der Waals surface area contributed by atoms with E-state index in [1.807, 2.05) is 24.9 Å². The number of hydrogen-bond donors (Lipinski definition) is 5. The molecular formula is C23H31Cl2N5O5. The van der Waals surface area contributed by atoms with Gasteiger partial charge in [-0.3, -0.25) is 9.59 Å². The molecule has 0 saturated heterocycles. The number of carbonyl (C=O) groups is 3. The molecule has 2 rings (SSSR count). The minimum atomic E-state index is -0.959. The molecule has 1 aliphatic rings. The largest absolute Gasteiger partial charge is 0.480 e. The molecule has 0 bridgehead atoms. The van der Waals surface area contributed by atoms with Crippen molar-refractivity contribution in [2.24, 2.45) is 5.92 Å². The van der Waals surface area contributed by atoms with E-state index in [9.17, 15) is 14.4 Å². The van der Waals surface area contributed by atoms with Crippen LogP contribution in [0.3, 0.4) is 0 Å². The molecule has 1 aliphatic heterocycles. The summed E-state index contributed by atoms with van der Waals surface area (Å²) in [6.45, 7) is 3.52. The van der Waals surface area contributed by atoms with Crippen molar-refractivity contribution in [1.29, 1.82) is 0 Å². The highest BCUT2D eigenvalue weighted by atomic mass is 35.5. The highest BCUT2D eigenvalue weighted by molar-refractivity contribution is 6.35. The lowest BCUT2D eigenvalue weighted by molar-refractivity contribution is -0.136. The molecule has 1 heterocycles. The first kappa shape index (κ1) is 28.3. The summed E-state index contributed by atoms with van der Waals surface area (Å²) in [6.07, 6.45) is 1.93. The van der Waals surface area contributed by atoms with Crippen molar-refractivity contribution in [1.82, 2.24) is 20.9 Å². The van der Waals surface area contributed by atoms with E-state index in [1.165, 1.54) is 0 Å². The van der Waals surface area contributed by atoms with Crippen LogP contribution < -0.4 is 21.3 Å². The molecule has 1 aromatic carbocycles. The number of halogens is 2. The summed E-state index contributed by atoms with van der Waals surface area (Å²) in [7, 11) is 1.83. The molecule has 0 spiro atoms. The Morgan fingerprint density at radius 1 is 1.20 bits per heavy atom. The number of aliphatic carboxylic acids is 1. The molecule has 0 aromatic heterocycles. The molecule has 1 atom stereocenters. The minimum absolute atomic E-state index is 0.0385. The molecule has 3 amide bonds.